The van der Waals surface area contributed by atoms with E-state index in [1.165, 1.54) is 31.2 Å². The van der Waals surface area contributed by atoms with Crippen molar-refractivity contribution in [3.8, 4) is 5.75 Å². The maximum absolute atomic E-state index is 12.7. The molecule has 2 heterocycles. The Kier molecular flexibility index (Phi) is 6.27. The molecule has 0 unspecified atom stereocenters. The van der Waals surface area contributed by atoms with E-state index in [-0.39, 0.29) is 5.91 Å². The Hall–Kier alpha value is -1.92. The Balaban J connectivity index is 1.23. The second-order valence-electron chi connectivity index (χ2n) is 7.87. The predicted molar refractivity (Wildman–Crippen MR) is 112 cm³/mol. The SMILES string of the molecule is Cc1ccc(OCc2nc(CC(=O)N3CCN(C4CCCC4)CC3)cs2)cc1. The Bertz CT molecular complexity index is 775. The number of hydrogen-bond donors (Lipinski definition) is 0. The maximum Gasteiger partial charge on any atom is 0.228 e. The van der Waals surface area contributed by atoms with Crippen molar-refractivity contribution < 1.29 is 9.53 Å². The van der Waals surface area contributed by atoms with Gasteiger partial charge in [-0.1, -0.05) is 30.5 Å². The van der Waals surface area contributed by atoms with Crippen LogP contribution in [0.2, 0.25) is 0 Å². The van der Waals surface area contributed by atoms with Crippen LogP contribution in [-0.2, 0) is 17.8 Å². The smallest absolute Gasteiger partial charge is 0.228 e. The fourth-order valence-electron chi connectivity index (χ4n) is 4.15. The Morgan fingerprint density at radius 3 is 2.57 bits per heavy atom. The van der Waals surface area contributed by atoms with Crippen molar-refractivity contribution in [1.29, 1.82) is 0 Å². The second kappa shape index (κ2) is 9.05. The van der Waals surface area contributed by atoms with Crippen LogP contribution in [0.25, 0.3) is 0 Å². The van der Waals surface area contributed by atoms with Crippen LogP contribution in [0.3, 0.4) is 0 Å². The third-order valence-corrected chi connectivity index (χ3v) is 6.69. The molecule has 0 bridgehead atoms. The number of carbonyl (C=O) groups is 1. The molecule has 1 aliphatic carbocycles. The molecule has 6 heteroatoms. The van der Waals surface area contributed by atoms with Gasteiger partial charge in [0, 0.05) is 37.6 Å². The summed E-state index contributed by atoms with van der Waals surface area (Å²) in [6, 6.07) is 8.77. The van der Waals surface area contributed by atoms with E-state index in [0.717, 1.165) is 48.7 Å². The minimum atomic E-state index is 0.197. The van der Waals surface area contributed by atoms with Gasteiger partial charge in [-0.25, -0.2) is 4.98 Å². The van der Waals surface area contributed by atoms with Crippen molar-refractivity contribution in [2.45, 2.75) is 51.7 Å². The molecule has 1 saturated carbocycles. The van der Waals surface area contributed by atoms with Gasteiger partial charge in [0.05, 0.1) is 12.1 Å². The summed E-state index contributed by atoms with van der Waals surface area (Å²) in [4.78, 5) is 21.8. The van der Waals surface area contributed by atoms with E-state index in [1.54, 1.807) is 11.3 Å². The normalized spacial score (nSPS) is 18.5. The van der Waals surface area contributed by atoms with Gasteiger partial charge in [-0.15, -0.1) is 11.3 Å². The molecule has 0 atom stereocenters. The summed E-state index contributed by atoms with van der Waals surface area (Å²) in [6.45, 7) is 6.24. The second-order valence-corrected chi connectivity index (χ2v) is 8.81. The van der Waals surface area contributed by atoms with E-state index in [2.05, 4.69) is 16.8 Å². The summed E-state index contributed by atoms with van der Waals surface area (Å²) in [5, 5.41) is 2.90. The number of aryl methyl sites for hydroxylation is 1. The molecule has 4 rings (SSSR count). The molecule has 0 radical (unpaired) electrons. The number of carbonyl (C=O) groups excluding carboxylic acids is 1. The van der Waals surface area contributed by atoms with Crippen LogP contribution in [0.5, 0.6) is 5.75 Å². The van der Waals surface area contributed by atoms with E-state index < -0.39 is 0 Å². The van der Waals surface area contributed by atoms with E-state index in [9.17, 15) is 4.79 Å². The average molecular weight is 400 g/mol. The molecule has 1 aliphatic heterocycles. The highest BCUT2D eigenvalue weighted by Crippen LogP contribution is 2.24. The largest absolute Gasteiger partial charge is 0.486 e. The first-order valence-corrected chi connectivity index (χ1v) is 11.2. The standard InChI is InChI=1S/C22H29N3O2S/c1-17-6-8-20(9-7-17)27-15-21-23-18(16-28-21)14-22(26)25-12-10-24(11-13-25)19-4-2-3-5-19/h6-9,16,19H,2-5,10-15H2,1H3. The third-order valence-electron chi connectivity index (χ3n) is 5.82. The van der Waals surface area contributed by atoms with Crippen molar-refractivity contribution >= 4 is 17.2 Å². The van der Waals surface area contributed by atoms with Crippen molar-refractivity contribution in [1.82, 2.24) is 14.8 Å². The van der Waals surface area contributed by atoms with Gasteiger partial charge in [-0.2, -0.15) is 0 Å². The third kappa shape index (κ3) is 4.92. The first kappa shape index (κ1) is 19.4. The highest BCUT2D eigenvalue weighted by Gasteiger charge is 2.28. The summed E-state index contributed by atoms with van der Waals surface area (Å²) in [5.41, 5.74) is 2.07. The molecule has 1 amide bonds. The van der Waals surface area contributed by atoms with Gasteiger partial charge in [0.15, 0.2) is 0 Å². The molecule has 1 aromatic carbocycles. The van der Waals surface area contributed by atoms with Crippen molar-refractivity contribution in [2.24, 2.45) is 0 Å². The number of rotatable bonds is 6. The molecule has 2 aliphatic rings. The van der Waals surface area contributed by atoms with Crippen LogP contribution < -0.4 is 4.74 Å². The van der Waals surface area contributed by atoms with Crippen molar-refractivity contribution in [2.75, 3.05) is 26.2 Å². The number of ether oxygens (including phenoxy) is 1. The zero-order valence-corrected chi connectivity index (χ0v) is 17.4. The fraction of sp³-hybridized carbons (Fsp3) is 0.545. The number of thiazole rings is 1. The van der Waals surface area contributed by atoms with Gasteiger partial charge in [0.1, 0.15) is 17.4 Å². The van der Waals surface area contributed by atoms with Gasteiger partial charge >= 0.3 is 0 Å². The monoisotopic (exact) mass is 399 g/mol. The van der Waals surface area contributed by atoms with Gasteiger partial charge < -0.3 is 9.64 Å². The Morgan fingerprint density at radius 2 is 1.86 bits per heavy atom. The van der Waals surface area contributed by atoms with Crippen LogP contribution in [0.15, 0.2) is 29.6 Å². The lowest BCUT2D eigenvalue weighted by Gasteiger charge is -2.38. The summed E-state index contributed by atoms with van der Waals surface area (Å²) in [7, 11) is 0. The number of amides is 1. The Labute approximate surface area is 171 Å². The van der Waals surface area contributed by atoms with Gasteiger partial charge in [0.25, 0.3) is 0 Å². The highest BCUT2D eigenvalue weighted by molar-refractivity contribution is 7.09. The molecule has 2 aromatic rings. The number of hydrogen-bond acceptors (Lipinski definition) is 5. The molecule has 1 saturated heterocycles. The lowest BCUT2D eigenvalue weighted by atomic mass is 10.1. The lowest BCUT2D eigenvalue weighted by Crippen LogP contribution is -2.51. The molecule has 1 aromatic heterocycles. The van der Waals surface area contributed by atoms with Crippen LogP contribution in [0.4, 0.5) is 0 Å². The quantitative estimate of drug-likeness (QED) is 0.744. The molecule has 5 nitrogen and oxygen atoms in total. The lowest BCUT2D eigenvalue weighted by molar-refractivity contribution is -0.132. The fourth-order valence-corrected chi connectivity index (χ4v) is 4.85. The first-order chi connectivity index (χ1) is 13.7. The summed E-state index contributed by atoms with van der Waals surface area (Å²) in [5.74, 6) is 1.04. The maximum atomic E-state index is 12.7. The summed E-state index contributed by atoms with van der Waals surface area (Å²) >= 11 is 1.56. The van der Waals surface area contributed by atoms with E-state index in [0.29, 0.717) is 13.0 Å². The topological polar surface area (TPSA) is 45.7 Å². The van der Waals surface area contributed by atoms with Gasteiger partial charge in [-0.3, -0.25) is 9.69 Å². The molecular weight excluding hydrogens is 370 g/mol. The van der Waals surface area contributed by atoms with Crippen LogP contribution in [-0.4, -0.2) is 52.9 Å². The number of aromatic nitrogens is 1. The minimum absolute atomic E-state index is 0.197. The zero-order chi connectivity index (χ0) is 19.3. The Morgan fingerprint density at radius 1 is 1.14 bits per heavy atom. The van der Waals surface area contributed by atoms with Gasteiger partial charge in [-0.05, 0) is 31.9 Å². The number of piperazine rings is 1. The molecule has 0 spiro atoms. The predicted octanol–water partition coefficient (Wildman–Crippen LogP) is 3.66. The average Bonchev–Trinajstić information content (AvgIpc) is 3.40. The first-order valence-electron chi connectivity index (χ1n) is 10.3. The molecule has 2 fully saturated rings. The van der Waals surface area contributed by atoms with Crippen LogP contribution in [0, 0.1) is 6.92 Å². The van der Waals surface area contributed by atoms with Crippen molar-refractivity contribution in [3.05, 3.63) is 45.9 Å². The number of benzene rings is 1. The highest BCUT2D eigenvalue weighted by atomic mass is 32.1. The summed E-state index contributed by atoms with van der Waals surface area (Å²) < 4.78 is 5.79. The van der Waals surface area contributed by atoms with Gasteiger partial charge in [0.2, 0.25) is 5.91 Å². The van der Waals surface area contributed by atoms with E-state index in [1.807, 2.05) is 34.5 Å². The minimum Gasteiger partial charge on any atom is -0.486 e. The molecular formula is C22H29N3O2S. The van der Waals surface area contributed by atoms with E-state index in [4.69, 9.17) is 4.74 Å². The van der Waals surface area contributed by atoms with Crippen LogP contribution >= 0.6 is 11.3 Å². The van der Waals surface area contributed by atoms with Crippen molar-refractivity contribution in [3.63, 3.8) is 0 Å². The molecule has 0 N–H and O–H groups in total. The summed E-state index contributed by atoms with van der Waals surface area (Å²) in [6.07, 6.45) is 5.79. The molecule has 150 valence electrons. The zero-order valence-electron chi connectivity index (χ0n) is 16.6. The molecule has 28 heavy (non-hydrogen) atoms. The van der Waals surface area contributed by atoms with E-state index >= 15 is 0 Å². The van der Waals surface area contributed by atoms with Crippen LogP contribution in [0.1, 0.15) is 41.9 Å². The number of nitrogens with zero attached hydrogens (tertiary/aromatic N) is 3.